The second-order valence-corrected chi connectivity index (χ2v) is 7.04. The Morgan fingerprint density at radius 3 is 2.53 bits per heavy atom. The molecule has 0 aliphatic carbocycles. The van der Waals surface area contributed by atoms with Crippen LogP contribution in [0.4, 0.5) is 5.69 Å². The molecule has 1 aliphatic heterocycles. The van der Waals surface area contributed by atoms with Crippen molar-refractivity contribution in [3.63, 3.8) is 0 Å². The van der Waals surface area contributed by atoms with Crippen molar-refractivity contribution in [3.05, 3.63) is 29.8 Å². The maximum atomic E-state index is 5.69. The summed E-state index contributed by atoms with van der Waals surface area (Å²) in [6.45, 7) is 11.6. The van der Waals surface area contributed by atoms with E-state index in [1.807, 2.05) is 12.1 Å². The number of nitrogens with one attached hydrogen (secondary N) is 1. The van der Waals surface area contributed by atoms with Gasteiger partial charge in [0.1, 0.15) is 6.61 Å². The molecule has 0 spiro atoms. The summed E-state index contributed by atoms with van der Waals surface area (Å²) in [5, 5.41) is 3.27. The number of hydrogen-bond acceptors (Lipinski definition) is 2. The van der Waals surface area contributed by atoms with Gasteiger partial charge in [0.15, 0.2) is 0 Å². The minimum atomic E-state index is -0.132. The van der Waals surface area contributed by atoms with E-state index in [1.54, 1.807) is 0 Å². The highest BCUT2D eigenvalue weighted by atomic mass is 16.5. The molecule has 104 valence electrons. The van der Waals surface area contributed by atoms with Crippen LogP contribution in [0.15, 0.2) is 29.3 Å². The van der Waals surface area contributed by atoms with Crippen molar-refractivity contribution in [2.24, 2.45) is 10.4 Å². The molecule has 0 unspecified atom stereocenters. The molecule has 1 heterocycles. The summed E-state index contributed by atoms with van der Waals surface area (Å²) in [6.07, 6.45) is 1.01. The van der Waals surface area contributed by atoms with Crippen LogP contribution < -0.4 is 5.32 Å². The fraction of sp³-hybridized carbons (Fsp3) is 0.562. The van der Waals surface area contributed by atoms with Gasteiger partial charge in [0, 0.05) is 11.3 Å². The Morgan fingerprint density at radius 2 is 1.84 bits per heavy atom. The van der Waals surface area contributed by atoms with Crippen molar-refractivity contribution < 1.29 is 4.74 Å². The summed E-state index contributed by atoms with van der Waals surface area (Å²) >= 11 is 0. The molecule has 0 aromatic heterocycles. The normalized spacial score (nSPS) is 17.6. The zero-order valence-electron chi connectivity index (χ0n) is 12.6. The lowest BCUT2D eigenvalue weighted by molar-refractivity contribution is 0.258. The number of nitrogens with zero attached hydrogens (tertiary/aromatic N) is 1. The van der Waals surface area contributed by atoms with Gasteiger partial charge >= 0.3 is 0 Å². The number of amidine groups is 1. The summed E-state index contributed by atoms with van der Waals surface area (Å²) in [6, 6.07) is 8.81. The van der Waals surface area contributed by atoms with Crippen LogP contribution in [0.2, 0.25) is 0 Å². The van der Waals surface area contributed by atoms with Crippen LogP contribution in [0.1, 0.15) is 46.6 Å². The molecule has 0 atom stereocenters. The minimum Gasteiger partial charge on any atom is -0.460 e. The molecule has 0 bridgehead atoms. The van der Waals surface area contributed by atoms with Gasteiger partial charge in [-0.1, -0.05) is 39.0 Å². The Kier molecular flexibility index (Phi) is 3.57. The van der Waals surface area contributed by atoms with Crippen LogP contribution in [0.25, 0.3) is 0 Å². The number of para-hydroxylation sites is 1. The van der Waals surface area contributed by atoms with Crippen molar-refractivity contribution in [3.8, 4) is 0 Å². The van der Waals surface area contributed by atoms with E-state index in [0.717, 1.165) is 12.1 Å². The average molecular weight is 260 g/mol. The fourth-order valence-corrected chi connectivity index (χ4v) is 2.74. The van der Waals surface area contributed by atoms with E-state index < -0.39 is 0 Å². The lowest BCUT2D eigenvalue weighted by Gasteiger charge is -2.30. The highest BCUT2D eigenvalue weighted by molar-refractivity contribution is 5.91. The Balaban J connectivity index is 2.14. The van der Waals surface area contributed by atoms with E-state index in [9.17, 15) is 0 Å². The van der Waals surface area contributed by atoms with Crippen molar-refractivity contribution >= 4 is 11.7 Å². The fourth-order valence-electron chi connectivity index (χ4n) is 2.74. The van der Waals surface area contributed by atoms with Gasteiger partial charge in [0.25, 0.3) is 6.02 Å². The first kappa shape index (κ1) is 13.9. The smallest absolute Gasteiger partial charge is 0.290 e. The SMILES string of the molecule is CC(C)(C)CC(C)(C)N=C1Nc2ccccc2CO1. The number of anilines is 1. The third-order valence-electron chi connectivity index (χ3n) is 2.99. The molecule has 0 saturated carbocycles. The van der Waals surface area contributed by atoms with Crippen molar-refractivity contribution in [1.29, 1.82) is 0 Å². The molecule has 3 heteroatoms. The molecule has 19 heavy (non-hydrogen) atoms. The number of rotatable bonds is 2. The molecule has 0 amide bonds. The largest absolute Gasteiger partial charge is 0.460 e. The van der Waals surface area contributed by atoms with Gasteiger partial charge in [-0.05, 0) is 31.7 Å². The van der Waals surface area contributed by atoms with E-state index in [1.165, 1.54) is 5.56 Å². The maximum Gasteiger partial charge on any atom is 0.290 e. The molecule has 1 N–H and O–H groups in total. The summed E-state index contributed by atoms with van der Waals surface area (Å²) in [4.78, 5) is 4.74. The van der Waals surface area contributed by atoms with Gasteiger partial charge in [-0.2, -0.15) is 0 Å². The van der Waals surface area contributed by atoms with Gasteiger partial charge in [-0.25, -0.2) is 4.99 Å². The maximum absolute atomic E-state index is 5.69. The minimum absolute atomic E-state index is 0.132. The number of hydrogen-bond donors (Lipinski definition) is 1. The molecule has 1 aromatic rings. The molecular formula is C16H24N2O. The van der Waals surface area contributed by atoms with Gasteiger partial charge < -0.3 is 10.1 Å². The van der Waals surface area contributed by atoms with E-state index in [4.69, 9.17) is 9.73 Å². The lowest BCUT2D eigenvalue weighted by atomic mass is 9.82. The molecule has 0 radical (unpaired) electrons. The molecule has 2 rings (SSSR count). The first-order chi connectivity index (χ1) is 8.75. The molecule has 3 nitrogen and oxygen atoms in total. The van der Waals surface area contributed by atoms with E-state index in [-0.39, 0.29) is 11.0 Å². The van der Waals surface area contributed by atoms with E-state index in [0.29, 0.717) is 12.6 Å². The Labute approximate surface area is 116 Å². The zero-order chi connectivity index (χ0) is 14.1. The second-order valence-electron chi connectivity index (χ2n) is 7.04. The van der Waals surface area contributed by atoms with Gasteiger partial charge in [-0.15, -0.1) is 0 Å². The first-order valence-corrected chi connectivity index (χ1v) is 6.83. The summed E-state index contributed by atoms with van der Waals surface area (Å²) in [7, 11) is 0. The molecule has 1 aromatic carbocycles. The van der Waals surface area contributed by atoms with Crippen molar-refractivity contribution in [2.45, 2.75) is 53.2 Å². The molecule has 0 saturated heterocycles. The highest BCUT2D eigenvalue weighted by Crippen LogP contribution is 2.30. The van der Waals surface area contributed by atoms with Crippen LogP contribution in [0.3, 0.4) is 0 Å². The summed E-state index contributed by atoms with van der Waals surface area (Å²) < 4.78 is 5.69. The van der Waals surface area contributed by atoms with Crippen LogP contribution in [0, 0.1) is 5.41 Å². The monoisotopic (exact) mass is 260 g/mol. The number of ether oxygens (including phenoxy) is 1. The zero-order valence-corrected chi connectivity index (χ0v) is 12.6. The predicted octanol–water partition coefficient (Wildman–Crippen LogP) is 4.20. The first-order valence-electron chi connectivity index (χ1n) is 6.83. The Hall–Kier alpha value is -1.51. The lowest BCUT2D eigenvalue weighted by Crippen LogP contribution is -2.31. The Morgan fingerprint density at radius 1 is 1.16 bits per heavy atom. The van der Waals surface area contributed by atoms with Crippen molar-refractivity contribution in [2.75, 3.05) is 5.32 Å². The van der Waals surface area contributed by atoms with Gasteiger partial charge in [-0.3, -0.25) is 0 Å². The third kappa shape index (κ3) is 3.98. The predicted molar refractivity (Wildman–Crippen MR) is 80.4 cm³/mol. The summed E-state index contributed by atoms with van der Waals surface area (Å²) in [5.74, 6) is 0. The van der Waals surface area contributed by atoms with E-state index >= 15 is 0 Å². The average Bonchev–Trinajstić information content (AvgIpc) is 2.24. The standard InChI is InChI=1S/C16H24N2O/c1-15(2,3)11-16(4,5)18-14-17-13-9-7-6-8-12(13)10-19-14/h6-9H,10-11H2,1-5H3,(H,17,18). The topological polar surface area (TPSA) is 33.6 Å². The number of aliphatic imine (C=N–C) groups is 1. The molecule has 0 fully saturated rings. The quantitative estimate of drug-likeness (QED) is 0.864. The Bertz CT molecular complexity index is 484. The third-order valence-corrected chi connectivity index (χ3v) is 2.99. The second kappa shape index (κ2) is 4.87. The van der Waals surface area contributed by atoms with Gasteiger partial charge in [0.2, 0.25) is 0 Å². The number of benzene rings is 1. The number of fused-ring (bicyclic) bond motifs is 1. The van der Waals surface area contributed by atoms with Crippen LogP contribution in [-0.2, 0) is 11.3 Å². The van der Waals surface area contributed by atoms with Crippen LogP contribution in [0.5, 0.6) is 0 Å². The van der Waals surface area contributed by atoms with Gasteiger partial charge in [0.05, 0.1) is 5.54 Å². The summed E-state index contributed by atoms with van der Waals surface area (Å²) in [5.41, 5.74) is 2.39. The van der Waals surface area contributed by atoms with Crippen LogP contribution >= 0.6 is 0 Å². The molecular weight excluding hydrogens is 236 g/mol. The van der Waals surface area contributed by atoms with Crippen LogP contribution in [-0.4, -0.2) is 11.6 Å². The van der Waals surface area contributed by atoms with E-state index in [2.05, 4.69) is 52.1 Å². The molecule has 1 aliphatic rings. The highest BCUT2D eigenvalue weighted by Gasteiger charge is 2.26. The van der Waals surface area contributed by atoms with Crippen molar-refractivity contribution in [1.82, 2.24) is 0 Å².